The first-order valence-corrected chi connectivity index (χ1v) is 8.51. The summed E-state index contributed by atoms with van der Waals surface area (Å²) in [6.07, 6.45) is 4.47. The number of hydrogen-bond acceptors (Lipinski definition) is 5. The van der Waals surface area contributed by atoms with Crippen LogP contribution in [0.25, 0.3) is 22.6 Å². The molecule has 0 radical (unpaired) electrons. The van der Waals surface area contributed by atoms with Crippen LogP contribution in [0.2, 0.25) is 0 Å². The number of pyridine rings is 1. The summed E-state index contributed by atoms with van der Waals surface area (Å²) >= 11 is 0. The van der Waals surface area contributed by atoms with Crippen LogP contribution in [0, 0.1) is 5.82 Å². The fourth-order valence-corrected chi connectivity index (χ4v) is 3.00. The van der Waals surface area contributed by atoms with Crippen LogP contribution >= 0.6 is 0 Å². The van der Waals surface area contributed by atoms with E-state index in [0.717, 1.165) is 17.1 Å². The first kappa shape index (κ1) is 16.3. The molecule has 1 aliphatic heterocycles. The summed E-state index contributed by atoms with van der Waals surface area (Å²) in [7, 11) is 0. The average molecular weight is 348 g/mol. The molecular weight excluding hydrogens is 331 g/mol. The van der Waals surface area contributed by atoms with Crippen LogP contribution in [-0.4, -0.2) is 33.8 Å². The van der Waals surface area contributed by atoms with Crippen molar-refractivity contribution in [2.45, 2.75) is 12.8 Å². The maximum Gasteiger partial charge on any atom is 0.162 e. The van der Waals surface area contributed by atoms with E-state index < -0.39 is 0 Å². The summed E-state index contributed by atoms with van der Waals surface area (Å²) in [5, 5.41) is 0. The summed E-state index contributed by atoms with van der Waals surface area (Å²) in [5.41, 5.74) is 2.20. The predicted octanol–water partition coefficient (Wildman–Crippen LogP) is 3.51. The van der Waals surface area contributed by atoms with E-state index in [-0.39, 0.29) is 11.6 Å². The molecular formula is C20H17FN4O. The molecule has 0 aliphatic carbocycles. The highest BCUT2D eigenvalue weighted by Crippen LogP contribution is 2.27. The second-order valence-corrected chi connectivity index (χ2v) is 6.21. The van der Waals surface area contributed by atoms with Gasteiger partial charge in [-0.1, -0.05) is 12.1 Å². The van der Waals surface area contributed by atoms with Crippen LogP contribution < -0.4 is 4.90 Å². The molecule has 1 aliphatic rings. The molecule has 0 bridgehead atoms. The Bertz CT molecular complexity index is 936. The Morgan fingerprint density at radius 1 is 0.962 bits per heavy atom. The third-order valence-electron chi connectivity index (χ3n) is 4.40. The Labute approximate surface area is 150 Å². The number of nitrogens with zero attached hydrogens (tertiary/aromatic N) is 4. The summed E-state index contributed by atoms with van der Waals surface area (Å²) in [5.74, 6) is 1.14. The van der Waals surface area contributed by atoms with Crippen LogP contribution in [0.3, 0.4) is 0 Å². The van der Waals surface area contributed by atoms with Crippen LogP contribution in [0.15, 0.2) is 54.9 Å². The van der Waals surface area contributed by atoms with Crippen molar-refractivity contribution in [3.63, 3.8) is 0 Å². The summed E-state index contributed by atoms with van der Waals surface area (Å²) in [4.78, 5) is 27.0. The van der Waals surface area contributed by atoms with Gasteiger partial charge in [-0.15, -0.1) is 0 Å². The Morgan fingerprint density at radius 2 is 1.77 bits per heavy atom. The van der Waals surface area contributed by atoms with E-state index in [1.165, 1.54) is 12.1 Å². The number of carbonyl (C=O) groups is 1. The van der Waals surface area contributed by atoms with Crippen molar-refractivity contribution >= 4 is 11.6 Å². The van der Waals surface area contributed by atoms with Gasteiger partial charge in [0.15, 0.2) is 5.82 Å². The van der Waals surface area contributed by atoms with Gasteiger partial charge in [0.05, 0.1) is 5.69 Å². The lowest BCUT2D eigenvalue weighted by Crippen LogP contribution is -2.34. The van der Waals surface area contributed by atoms with E-state index in [2.05, 4.69) is 19.9 Å². The molecule has 1 saturated heterocycles. The Balaban J connectivity index is 1.80. The van der Waals surface area contributed by atoms with Gasteiger partial charge in [0.1, 0.15) is 17.4 Å². The van der Waals surface area contributed by atoms with Gasteiger partial charge in [-0.05, 0) is 24.3 Å². The number of hydrogen-bond donors (Lipinski definition) is 0. The molecule has 3 aromatic rings. The maximum absolute atomic E-state index is 13.7. The Morgan fingerprint density at radius 3 is 2.50 bits per heavy atom. The molecule has 3 heterocycles. The van der Waals surface area contributed by atoms with Crippen molar-refractivity contribution < 1.29 is 9.18 Å². The molecule has 1 aromatic carbocycles. The van der Waals surface area contributed by atoms with Gasteiger partial charge in [-0.3, -0.25) is 9.78 Å². The lowest BCUT2D eigenvalue weighted by Gasteiger charge is -2.27. The molecule has 6 heteroatoms. The van der Waals surface area contributed by atoms with Gasteiger partial charge >= 0.3 is 0 Å². The summed E-state index contributed by atoms with van der Waals surface area (Å²) in [6, 6.07) is 11.9. The van der Waals surface area contributed by atoms with Gasteiger partial charge < -0.3 is 4.90 Å². The first-order valence-electron chi connectivity index (χ1n) is 8.51. The molecule has 130 valence electrons. The van der Waals surface area contributed by atoms with Crippen LogP contribution in [0.5, 0.6) is 0 Å². The van der Waals surface area contributed by atoms with Gasteiger partial charge in [0, 0.05) is 55.5 Å². The van der Waals surface area contributed by atoms with E-state index >= 15 is 0 Å². The minimum Gasteiger partial charge on any atom is -0.356 e. The number of carbonyl (C=O) groups excluding carboxylic acids is 1. The lowest BCUT2D eigenvalue weighted by molar-refractivity contribution is -0.119. The lowest BCUT2D eigenvalue weighted by atomic mass is 10.1. The van der Waals surface area contributed by atoms with Crippen molar-refractivity contribution in [2.75, 3.05) is 18.0 Å². The van der Waals surface area contributed by atoms with Crippen LogP contribution in [0.4, 0.5) is 10.2 Å². The Hall–Kier alpha value is -3.15. The van der Waals surface area contributed by atoms with Gasteiger partial charge in [0.2, 0.25) is 0 Å². The van der Waals surface area contributed by atoms with Crippen LogP contribution in [-0.2, 0) is 4.79 Å². The summed E-state index contributed by atoms with van der Waals surface area (Å²) in [6.45, 7) is 1.26. The molecule has 0 atom stereocenters. The van der Waals surface area contributed by atoms with Gasteiger partial charge in [-0.25, -0.2) is 14.4 Å². The van der Waals surface area contributed by atoms with Crippen molar-refractivity contribution in [1.82, 2.24) is 15.0 Å². The molecule has 0 spiro atoms. The number of ketones is 1. The number of anilines is 1. The van der Waals surface area contributed by atoms with E-state index in [9.17, 15) is 9.18 Å². The molecule has 5 nitrogen and oxygen atoms in total. The quantitative estimate of drug-likeness (QED) is 0.725. The Kier molecular flexibility index (Phi) is 4.39. The van der Waals surface area contributed by atoms with E-state index in [1.54, 1.807) is 24.5 Å². The molecule has 0 amide bonds. The highest BCUT2D eigenvalue weighted by atomic mass is 19.1. The molecule has 2 aromatic heterocycles. The van der Waals surface area contributed by atoms with Crippen LogP contribution in [0.1, 0.15) is 12.8 Å². The summed E-state index contributed by atoms with van der Waals surface area (Å²) < 4.78 is 13.7. The molecule has 26 heavy (non-hydrogen) atoms. The van der Waals surface area contributed by atoms with Gasteiger partial charge in [0.25, 0.3) is 0 Å². The SMILES string of the molecule is O=C1CCN(c2cc(-c3cccnc3)nc(-c3cccc(F)c3)n2)CC1. The largest absolute Gasteiger partial charge is 0.356 e. The number of Topliss-reactive ketones (excluding diaryl/α,β-unsaturated/α-hetero) is 1. The van der Waals surface area contributed by atoms with E-state index in [4.69, 9.17) is 0 Å². The topological polar surface area (TPSA) is 59.0 Å². The first-order chi connectivity index (χ1) is 12.7. The molecule has 0 saturated carbocycles. The average Bonchev–Trinajstić information content (AvgIpc) is 2.69. The van der Waals surface area contributed by atoms with Crippen molar-refractivity contribution in [2.24, 2.45) is 0 Å². The smallest absolute Gasteiger partial charge is 0.162 e. The van der Waals surface area contributed by atoms with Gasteiger partial charge in [-0.2, -0.15) is 0 Å². The van der Waals surface area contributed by atoms with Crippen molar-refractivity contribution in [3.05, 3.63) is 60.7 Å². The zero-order valence-electron chi connectivity index (χ0n) is 14.1. The van der Waals surface area contributed by atoms with Crippen molar-refractivity contribution in [3.8, 4) is 22.6 Å². The minimum atomic E-state index is -0.331. The number of benzene rings is 1. The zero-order chi connectivity index (χ0) is 17.9. The van der Waals surface area contributed by atoms with Crippen molar-refractivity contribution in [1.29, 1.82) is 0 Å². The zero-order valence-corrected chi connectivity index (χ0v) is 14.1. The maximum atomic E-state index is 13.7. The highest BCUT2D eigenvalue weighted by molar-refractivity contribution is 5.81. The number of rotatable bonds is 3. The normalized spacial score (nSPS) is 14.5. The molecule has 0 unspecified atom stereocenters. The second-order valence-electron chi connectivity index (χ2n) is 6.21. The molecule has 1 fully saturated rings. The third-order valence-corrected chi connectivity index (χ3v) is 4.40. The van der Waals surface area contributed by atoms with E-state index in [0.29, 0.717) is 37.3 Å². The monoisotopic (exact) mass is 348 g/mol. The van der Waals surface area contributed by atoms with E-state index in [1.807, 2.05) is 18.2 Å². The number of halogens is 1. The second kappa shape index (κ2) is 7.00. The number of aromatic nitrogens is 3. The standard InChI is InChI=1S/C20H17FN4O/c21-16-5-1-3-14(11-16)20-23-18(15-4-2-8-22-13-15)12-19(24-20)25-9-6-17(26)7-10-25/h1-5,8,11-13H,6-7,9-10H2. The molecule has 0 N–H and O–H groups in total. The minimum absolute atomic E-state index is 0.271. The fraction of sp³-hybridized carbons (Fsp3) is 0.200. The third kappa shape index (κ3) is 3.44. The number of piperidine rings is 1. The molecule has 4 rings (SSSR count). The highest BCUT2D eigenvalue weighted by Gasteiger charge is 2.19. The predicted molar refractivity (Wildman–Crippen MR) is 97.1 cm³/mol. The fourth-order valence-electron chi connectivity index (χ4n) is 3.00.